The van der Waals surface area contributed by atoms with Gasteiger partial charge in [-0.25, -0.2) is 0 Å². The second kappa shape index (κ2) is 4.20. The predicted octanol–water partition coefficient (Wildman–Crippen LogP) is 3.65. The van der Waals surface area contributed by atoms with Gasteiger partial charge in [0, 0.05) is 15.7 Å². The van der Waals surface area contributed by atoms with E-state index in [1.165, 1.54) is 5.56 Å². The molecule has 1 nitrogen and oxygen atoms in total. The third-order valence-corrected chi connectivity index (χ3v) is 4.00. The first-order valence-corrected chi connectivity index (χ1v) is 6.22. The fraction of sp³-hybridized carbons (Fsp3) is 0.333. The first-order chi connectivity index (χ1) is 7.09. The summed E-state index contributed by atoms with van der Waals surface area (Å²) in [6.07, 6.45) is -0.529. The van der Waals surface area contributed by atoms with Gasteiger partial charge in [-0.1, -0.05) is 29.3 Å². The summed E-state index contributed by atoms with van der Waals surface area (Å²) in [6.45, 7) is 3.87. The Morgan fingerprint density at radius 3 is 2.93 bits per heavy atom. The van der Waals surface area contributed by atoms with Crippen molar-refractivity contribution in [1.29, 1.82) is 0 Å². The number of allylic oxidation sites excluding steroid dienone is 1. The topological polar surface area (TPSA) is 20.2 Å². The number of hydrogen-bond donors (Lipinski definition) is 1. The molecule has 80 valence electrons. The van der Waals surface area contributed by atoms with E-state index in [4.69, 9.17) is 11.6 Å². The van der Waals surface area contributed by atoms with E-state index in [1.807, 2.05) is 19.9 Å². The van der Waals surface area contributed by atoms with Crippen LogP contribution in [0.4, 0.5) is 0 Å². The highest BCUT2D eigenvalue weighted by Crippen LogP contribution is 2.41. The number of thioether (sulfide) groups is 1. The summed E-state index contributed by atoms with van der Waals surface area (Å²) >= 11 is 7.70. The summed E-state index contributed by atoms with van der Waals surface area (Å²) < 4.78 is 0. The SMILES string of the molecule is C/C(Cl)=C1\CSc2ccc(C)cc2C1O. The third-order valence-electron chi connectivity index (χ3n) is 2.62. The van der Waals surface area contributed by atoms with Crippen molar-refractivity contribution in [1.82, 2.24) is 0 Å². The molecule has 1 heterocycles. The quantitative estimate of drug-likeness (QED) is 0.747. The zero-order chi connectivity index (χ0) is 11.0. The van der Waals surface area contributed by atoms with Crippen molar-refractivity contribution in [3.63, 3.8) is 0 Å². The van der Waals surface area contributed by atoms with E-state index in [1.54, 1.807) is 11.8 Å². The van der Waals surface area contributed by atoms with Crippen LogP contribution in [0.15, 0.2) is 33.7 Å². The lowest BCUT2D eigenvalue weighted by Crippen LogP contribution is -2.11. The van der Waals surface area contributed by atoms with Gasteiger partial charge in [-0.05, 0) is 31.1 Å². The minimum absolute atomic E-state index is 0.529. The van der Waals surface area contributed by atoms with Crippen molar-refractivity contribution < 1.29 is 5.11 Å². The van der Waals surface area contributed by atoms with Crippen LogP contribution >= 0.6 is 23.4 Å². The van der Waals surface area contributed by atoms with Crippen LogP contribution < -0.4 is 0 Å². The lowest BCUT2D eigenvalue weighted by molar-refractivity contribution is 0.211. The van der Waals surface area contributed by atoms with Gasteiger partial charge in [-0.15, -0.1) is 11.8 Å². The number of aryl methyl sites for hydroxylation is 1. The normalized spacial score (nSPS) is 23.6. The Balaban J connectivity index is 2.50. The van der Waals surface area contributed by atoms with E-state index in [2.05, 4.69) is 12.1 Å². The van der Waals surface area contributed by atoms with E-state index in [0.29, 0.717) is 5.03 Å². The van der Waals surface area contributed by atoms with Crippen LogP contribution in [0.1, 0.15) is 24.2 Å². The first-order valence-electron chi connectivity index (χ1n) is 4.86. The molecular weight excluding hydrogens is 228 g/mol. The van der Waals surface area contributed by atoms with Gasteiger partial charge in [-0.2, -0.15) is 0 Å². The molecule has 0 amide bonds. The van der Waals surface area contributed by atoms with Crippen molar-refractivity contribution in [2.45, 2.75) is 24.8 Å². The molecule has 0 spiro atoms. The number of halogens is 1. The van der Waals surface area contributed by atoms with Crippen molar-refractivity contribution in [2.75, 3.05) is 5.75 Å². The predicted molar refractivity (Wildman–Crippen MR) is 65.4 cm³/mol. The molecule has 0 saturated carbocycles. The molecule has 2 rings (SSSR count). The van der Waals surface area contributed by atoms with Gasteiger partial charge in [0.25, 0.3) is 0 Å². The largest absolute Gasteiger partial charge is 0.384 e. The Bertz CT molecular complexity index is 422. The van der Waals surface area contributed by atoms with Crippen LogP contribution in [0.5, 0.6) is 0 Å². The lowest BCUT2D eigenvalue weighted by Gasteiger charge is -2.25. The second-order valence-electron chi connectivity index (χ2n) is 3.79. The molecule has 0 radical (unpaired) electrons. The van der Waals surface area contributed by atoms with Crippen LogP contribution in [-0.4, -0.2) is 10.9 Å². The summed E-state index contributed by atoms with van der Waals surface area (Å²) in [4.78, 5) is 1.16. The molecule has 0 bridgehead atoms. The highest BCUT2D eigenvalue weighted by Gasteiger charge is 2.24. The molecule has 1 aliphatic heterocycles. The summed E-state index contributed by atoms with van der Waals surface area (Å²) in [5, 5.41) is 10.9. The molecule has 15 heavy (non-hydrogen) atoms. The lowest BCUT2D eigenvalue weighted by atomic mass is 10.00. The number of rotatable bonds is 0. The molecular formula is C12H13ClOS. The van der Waals surface area contributed by atoms with Crippen molar-refractivity contribution in [3.05, 3.63) is 39.9 Å². The number of aliphatic hydroxyl groups excluding tert-OH is 1. The summed E-state index contributed by atoms with van der Waals surface area (Å²) in [5.74, 6) is 0.784. The van der Waals surface area contributed by atoms with Gasteiger partial charge >= 0.3 is 0 Å². The Hall–Kier alpha value is -0.440. The summed E-state index contributed by atoms with van der Waals surface area (Å²) in [5.41, 5.74) is 3.09. The first kappa shape index (κ1) is 11.1. The van der Waals surface area contributed by atoms with E-state index < -0.39 is 6.10 Å². The van der Waals surface area contributed by atoms with E-state index >= 15 is 0 Å². The van der Waals surface area contributed by atoms with Gasteiger partial charge in [0.2, 0.25) is 0 Å². The maximum atomic E-state index is 10.2. The molecule has 1 N–H and O–H groups in total. The van der Waals surface area contributed by atoms with Crippen LogP contribution in [0.25, 0.3) is 0 Å². The third kappa shape index (κ3) is 2.07. The molecule has 1 aromatic carbocycles. The molecule has 0 fully saturated rings. The van der Waals surface area contributed by atoms with Gasteiger partial charge in [0.15, 0.2) is 0 Å². The zero-order valence-corrected chi connectivity index (χ0v) is 10.3. The van der Waals surface area contributed by atoms with E-state index in [-0.39, 0.29) is 0 Å². The summed E-state index contributed by atoms with van der Waals surface area (Å²) in [6, 6.07) is 6.17. The molecule has 1 unspecified atom stereocenters. The number of aliphatic hydroxyl groups is 1. The molecule has 1 aliphatic rings. The zero-order valence-electron chi connectivity index (χ0n) is 8.75. The standard InChI is InChI=1S/C12H13ClOS/c1-7-3-4-11-9(5-7)12(14)10(6-15-11)8(2)13/h3-5,12,14H,6H2,1-2H3/b10-8-. The average Bonchev–Trinajstić information content (AvgIpc) is 2.19. The Morgan fingerprint density at radius 1 is 1.53 bits per heavy atom. The minimum atomic E-state index is -0.529. The number of benzene rings is 1. The van der Waals surface area contributed by atoms with Gasteiger partial charge in [-0.3, -0.25) is 0 Å². The van der Waals surface area contributed by atoms with Crippen LogP contribution in [-0.2, 0) is 0 Å². The smallest absolute Gasteiger partial charge is 0.103 e. The molecule has 1 aromatic rings. The van der Waals surface area contributed by atoms with Crippen molar-refractivity contribution >= 4 is 23.4 Å². The van der Waals surface area contributed by atoms with E-state index in [9.17, 15) is 5.11 Å². The van der Waals surface area contributed by atoms with Crippen LogP contribution in [0, 0.1) is 6.92 Å². The summed E-state index contributed by atoms with van der Waals surface area (Å²) in [7, 11) is 0. The number of fused-ring (bicyclic) bond motifs is 1. The maximum absolute atomic E-state index is 10.2. The Morgan fingerprint density at radius 2 is 2.27 bits per heavy atom. The van der Waals surface area contributed by atoms with Crippen LogP contribution in [0.2, 0.25) is 0 Å². The number of hydrogen-bond acceptors (Lipinski definition) is 2. The monoisotopic (exact) mass is 240 g/mol. The van der Waals surface area contributed by atoms with Gasteiger partial charge in [0.1, 0.15) is 6.10 Å². The molecule has 0 saturated heterocycles. The highest BCUT2D eigenvalue weighted by atomic mass is 35.5. The highest BCUT2D eigenvalue weighted by molar-refractivity contribution is 7.99. The molecule has 0 aliphatic carbocycles. The van der Waals surface area contributed by atoms with E-state index in [0.717, 1.165) is 21.8 Å². The van der Waals surface area contributed by atoms with Crippen molar-refractivity contribution in [3.8, 4) is 0 Å². The average molecular weight is 241 g/mol. The van der Waals surface area contributed by atoms with Crippen LogP contribution in [0.3, 0.4) is 0 Å². The Kier molecular flexibility index (Phi) is 3.10. The fourth-order valence-corrected chi connectivity index (χ4v) is 3.16. The minimum Gasteiger partial charge on any atom is -0.384 e. The molecule has 3 heteroatoms. The second-order valence-corrected chi connectivity index (χ2v) is 5.38. The maximum Gasteiger partial charge on any atom is 0.103 e. The molecule has 1 atom stereocenters. The van der Waals surface area contributed by atoms with Gasteiger partial charge in [0.05, 0.1) is 0 Å². The molecule has 0 aromatic heterocycles. The van der Waals surface area contributed by atoms with Crippen molar-refractivity contribution in [2.24, 2.45) is 0 Å². The van der Waals surface area contributed by atoms with Gasteiger partial charge < -0.3 is 5.11 Å². The Labute approximate surface area is 99.1 Å². The fourth-order valence-electron chi connectivity index (χ4n) is 1.72.